The monoisotopic (exact) mass is 453 g/mol. The summed E-state index contributed by atoms with van der Waals surface area (Å²) in [4.78, 5) is 15.0. The Labute approximate surface area is 193 Å². The van der Waals surface area contributed by atoms with Gasteiger partial charge in [0.1, 0.15) is 5.75 Å². The Hall–Kier alpha value is -2.87. The Morgan fingerprint density at radius 2 is 1.81 bits per heavy atom. The number of nitrogens with zero attached hydrogens (tertiary/aromatic N) is 4. The normalized spacial score (nSPS) is 16.4. The smallest absolute Gasteiger partial charge is 0.225 e. The zero-order valence-corrected chi connectivity index (χ0v) is 20.0. The minimum absolute atomic E-state index is 0.0466. The molecule has 0 radical (unpaired) electrons. The van der Waals surface area contributed by atoms with Gasteiger partial charge >= 0.3 is 0 Å². The van der Waals surface area contributed by atoms with Gasteiger partial charge in [-0.25, -0.2) is 0 Å². The Balaban J connectivity index is 1.34. The predicted molar refractivity (Wildman–Crippen MR) is 128 cm³/mol. The van der Waals surface area contributed by atoms with Crippen molar-refractivity contribution in [3.8, 4) is 10.9 Å². The number of aromatic nitrogens is 3. The molecule has 0 spiro atoms. The summed E-state index contributed by atoms with van der Waals surface area (Å²) in [6, 6.07) is 12.1. The van der Waals surface area contributed by atoms with Crippen LogP contribution in [0.1, 0.15) is 43.6 Å². The molecule has 3 heterocycles. The largest absolute Gasteiger partial charge is 0.491 e. The molecule has 1 N–H and O–H groups in total. The lowest BCUT2D eigenvalue weighted by Gasteiger charge is -2.31. The lowest BCUT2D eigenvalue weighted by molar-refractivity contribution is -0.125. The van der Waals surface area contributed by atoms with Crippen LogP contribution in [0.15, 0.2) is 36.4 Å². The Morgan fingerprint density at radius 3 is 2.50 bits per heavy atom. The first kappa shape index (κ1) is 22.3. The van der Waals surface area contributed by atoms with Gasteiger partial charge in [-0.05, 0) is 70.4 Å². The third-order valence-electron chi connectivity index (χ3n) is 5.69. The molecule has 2 aromatic heterocycles. The summed E-state index contributed by atoms with van der Waals surface area (Å²) in [6.45, 7) is 10.2. The summed E-state index contributed by atoms with van der Waals surface area (Å²) in [7, 11) is 0. The van der Waals surface area contributed by atoms with E-state index in [0.717, 1.165) is 52.4 Å². The second-order valence-electron chi connectivity index (χ2n) is 8.63. The molecule has 1 fully saturated rings. The molecule has 4 rings (SSSR count). The van der Waals surface area contributed by atoms with E-state index >= 15 is 0 Å². The van der Waals surface area contributed by atoms with E-state index in [4.69, 9.17) is 4.74 Å². The van der Waals surface area contributed by atoms with Gasteiger partial charge in [-0.1, -0.05) is 23.5 Å². The molecule has 170 valence electrons. The number of hydrogen-bond acceptors (Lipinski definition) is 6. The molecule has 0 saturated carbocycles. The zero-order chi connectivity index (χ0) is 22.7. The number of ether oxygens (including phenoxy) is 1. The van der Waals surface area contributed by atoms with Crippen molar-refractivity contribution in [3.63, 3.8) is 0 Å². The Kier molecular flexibility index (Phi) is 6.79. The molecular weight excluding hydrogens is 422 g/mol. The van der Waals surface area contributed by atoms with Crippen molar-refractivity contribution < 1.29 is 9.53 Å². The average molecular weight is 454 g/mol. The van der Waals surface area contributed by atoms with Gasteiger partial charge in [0.25, 0.3) is 0 Å². The zero-order valence-electron chi connectivity index (χ0n) is 19.2. The van der Waals surface area contributed by atoms with E-state index in [0.29, 0.717) is 13.1 Å². The number of piperidine rings is 1. The summed E-state index contributed by atoms with van der Waals surface area (Å²) in [6.07, 6.45) is 2.01. The Bertz CT molecular complexity index is 1040. The number of anilines is 1. The summed E-state index contributed by atoms with van der Waals surface area (Å²) < 4.78 is 7.80. The molecule has 0 aliphatic carbocycles. The maximum atomic E-state index is 12.8. The van der Waals surface area contributed by atoms with Crippen LogP contribution in [0.4, 0.5) is 5.13 Å². The van der Waals surface area contributed by atoms with Crippen molar-refractivity contribution in [1.82, 2.24) is 20.1 Å². The first-order chi connectivity index (χ1) is 15.4. The summed E-state index contributed by atoms with van der Waals surface area (Å²) in [5, 5.41) is 13.7. The van der Waals surface area contributed by atoms with Crippen molar-refractivity contribution >= 4 is 22.4 Å². The number of aryl methyl sites for hydroxylation is 2. The maximum Gasteiger partial charge on any atom is 0.225 e. The highest BCUT2D eigenvalue weighted by Gasteiger charge is 2.28. The van der Waals surface area contributed by atoms with Crippen LogP contribution in [0.3, 0.4) is 0 Å². The second kappa shape index (κ2) is 9.73. The summed E-state index contributed by atoms with van der Waals surface area (Å²) in [5.74, 6) is 0.897. The molecule has 1 atom stereocenters. The number of rotatable bonds is 7. The SMILES string of the molecule is Cc1ccc(C)n1-c1nnc(N2CCC[C@H](C(=O)NCc3ccc(OC(C)C)cc3)C2)s1. The topological polar surface area (TPSA) is 72.3 Å². The highest BCUT2D eigenvalue weighted by atomic mass is 32.1. The van der Waals surface area contributed by atoms with Crippen molar-refractivity contribution in [2.75, 3.05) is 18.0 Å². The lowest BCUT2D eigenvalue weighted by atomic mass is 9.97. The van der Waals surface area contributed by atoms with Crippen LogP contribution in [0.25, 0.3) is 5.13 Å². The molecule has 1 aliphatic heterocycles. The van der Waals surface area contributed by atoms with Crippen molar-refractivity contribution in [3.05, 3.63) is 53.3 Å². The molecule has 1 saturated heterocycles. The highest BCUT2D eigenvalue weighted by Crippen LogP contribution is 2.29. The van der Waals surface area contributed by atoms with Crippen LogP contribution in [0.2, 0.25) is 0 Å². The molecule has 0 bridgehead atoms. The first-order valence-corrected chi connectivity index (χ1v) is 12.0. The van der Waals surface area contributed by atoms with E-state index in [1.807, 2.05) is 38.1 Å². The number of amides is 1. The molecule has 1 aromatic carbocycles. The van der Waals surface area contributed by atoms with Gasteiger partial charge in [0.2, 0.25) is 16.2 Å². The number of nitrogens with one attached hydrogen (secondary N) is 1. The maximum absolute atomic E-state index is 12.8. The molecule has 32 heavy (non-hydrogen) atoms. The average Bonchev–Trinajstić information content (AvgIpc) is 3.39. The summed E-state index contributed by atoms with van der Waals surface area (Å²) >= 11 is 1.58. The van der Waals surface area contributed by atoms with Gasteiger partial charge < -0.3 is 15.0 Å². The highest BCUT2D eigenvalue weighted by molar-refractivity contribution is 7.17. The third kappa shape index (κ3) is 5.12. The molecule has 8 heteroatoms. The fourth-order valence-corrected chi connectivity index (χ4v) is 5.05. The van der Waals surface area contributed by atoms with Gasteiger partial charge in [-0.15, -0.1) is 10.2 Å². The number of hydrogen-bond donors (Lipinski definition) is 1. The lowest BCUT2D eigenvalue weighted by Crippen LogP contribution is -2.43. The van der Waals surface area contributed by atoms with Gasteiger partial charge in [-0.3, -0.25) is 9.36 Å². The quantitative estimate of drug-likeness (QED) is 0.579. The Morgan fingerprint density at radius 1 is 1.12 bits per heavy atom. The minimum atomic E-state index is -0.0466. The van der Waals surface area contributed by atoms with Gasteiger partial charge in [-0.2, -0.15) is 0 Å². The van der Waals surface area contributed by atoms with E-state index in [1.165, 1.54) is 0 Å². The van der Waals surface area contributed by atoms with Gasteiger partial charge in [0, 0.05) is 31.0 Å². The number of carbonyl (C=O) groups is 1. The van der Waals surface area contributed by atoms with Gasteiger partial charge in [0.15, 0.2) is 0 Å². The minimum Gasteiger partial charge on any atom is -0.491 e. The molecular formula is C24H31N5O2S. The third-order valence-corrected chi connectivity index (χ3v) is 6.66. The fraction of sp³-hybridized carbons (Fsp3) is 0.458. The molecule has 3 aromatic rings. The first-order valence-electron chi connectivity index (χ1n) is 11.2. The van der Waals surface area contributed by atoms with Crippen LogP contribution >= 0.6 is 11.3 Å². The van der Waals surface area contributed by atoms with Gasteiger partial charge in [0.05, 0.1) is 12.0 Å². The predicted octanol–water partition coefficient (Wildman–Crippen LogP) is 4.27. The fourth-order valence-electron chi connectivity index (χ4n) is 4.05. The summed E-state index contributed by atoms with van der Waals surface area (Å²) in [5.41, 5.74) is 3.35. The van der Waals surface area contributed by atoms with Crippen LogP contribution in [-0.4, -0.2) is 39.9 Å². The van der Waals surface area contributed by atoms with Crippen LogP contribution in [0, 0.1) is 19.8 Å². The van der Waals surface area contributed by atoms with E-state index in [2.05, 4.69) is 51.0 Å². The molecule has 1 amide bonds. The van der Waals surface area contributed by atoms with Crippen LogP contribution < -0.4 is 15.0 Å². The van der Waals surface area contributed by atoms with Crippen LogP contribution in [0.5, 0.6) is 5.75 Å². The molecule has 7 nitrogen and oxygen atoms in total. The van der Waals surface area contributed by atoms with Crippen LogP contribution in [-0.2, 0) is 11.3 Å². The van der Waals surface area contributed by atoms with Crippen molar-refractivity contribution in [2.45, 2.75) is 53.2 Å². The number of carbonyl (C=O) groups excluding carboxylic acids is 1. The second-order valence-corrected chi connectivity index (χ2v) is 9.57. The standard InChI is InChI=1S/C24H31N5O2S/c1-16(2)31-21-11-9-19(10-12-21)14-25-22(30)20-6-5-13-28(15-20)23-26-27-24(32-23)29-17(3)7-8-18(29)4/h7-12,16,20H,5-6,13-15H2,1-4H3,(H,25,30)/t20-/m0/s1. The van der Waals surface area contributed by atoms with Crippen molar-refractivity contribution in [2.24, 2.45) is 5.92 Å². The van der Waals surface area contributed by atoms with E-state index < -0.39 is 0 Å². The van der Waals surface area contributed by atoms with E-state index in [-0.39, 0.29) is 17.9 Å². The van der Waals surface area contributed by atoms with Crippen molar-refractivity contribution in [1.29, 1.82) is 0 Å². The van der Waals surface area contributed by atoms with E-state index in [9.17, 15) is 4.79 Å². The van der Waals surface area contributed by atoms with E-state index in [1.54, 1.807) is 11.3 Å². The molecule has 1 aliphatic rings. The molecule has 0 unspecified atom stereocenters. The number of benzene rings is 1.